The lowest BCUT2D eigenvalue weighted by Gasteiger charge is -2.11. The van der Waals surface area contributed by atoms with Crippen molar-refractivity contribution in [1.82, 2.24) is 0 Å². The maximum Gasteiger partial charge on any atom is 0.266 e. The Morgan fingerprint density at radius 1 is 1.10 bits per heavy atom. The van der Waals surface area contributed by atoms with Crippen LogP contribution in [0.2, 0.25) is 5.02 Å². The van der Waals surface area contributed by atoms with Crippen LogP contribution in [-0.2, 0) is 11.2 Å². The Bertz CT molecular complexity index is 1150. The molecule has 4 nitrogen and oxygen atoms in total. The number of hydrogen-bond donors (Lipinski definition) is 1. The Labute approximate surface area is 181 Å². The molecule has 0 heterocycles. The van der Waals surface area contributed by atoms with Crippen LogP contribution < -0.4 is 10.1 Å². The molecular formula is C25H21ClN2O2. The number of amides is 1. The van der Waals surface area contributed by atoms with Gasteiger partial charge in [-0.1, -0.05) is 60.1 Å². The number of rotatable bonds is 6. The summed E-state index contributed by atoms with van der Waals surface area (Å²) in [5, 5.41) is 13.0. The van der Waals surface area contributed by atoms with Crippen molar-refractivity contribution in [1.29, 1.82) is 5.26 Å². The number of carbonyl (C=O) groups excluding carboxylic acids is 1. The molecule has 0 aliphatic rings. The minimum Gasteiger partial charge on any atom is -0.496 e. The van der Waals surface area contributed by atoms with Gasteiger partial charge in [0.05, 0.1) is 7.11 Å². The van der Waals surface area contributed by atoms with Crippen molar-refractivity contribution >= 4 is 29.3 Å². The molecule has 150 valence electrons. The van der Waals surface area contributed by atoms with Gasteiger partial charge in [-0.2, -0.15) is 5.26 Å². The van der Waals surface area contributed by atoms with Gasteiger partial charge in [0.2, 0.25) is 0 Å². The molecule has 0 aliphatic heterocycles. The predicted molar refractivity (Wildman–Crippen MR) is 121 cm³/mol. The van der Waals surface area contributed by atoms with Crippen molar-refractivity contribution < 1.29 is 9.53 Å². The molecule has 0 bridgehead atoms. The molecular weight excluding hydrogens is 396 g/mol. The summed E-state index contributed by atoms with van der Waals surface area (Å²) in [6.45, 7) is 1.90. The smallest absolute Gasteiger partial charge is 0.266 e. The highest BCUT2D eigenvalue weighted by Gasteiger charge is 2.12. The number of nitriles is 1. The van der Waals surface area contributed by atoms with Gasteiger partial charge in [-0.05, 0) is 53.5 Å². The van der Waals surface area contributed by atoms with Crippen LogP contribution in [-0.4, -0.2) is 13.0 Å². The number of halogens is 1. The summed E-state index contributed by atoms with van der Waals surface area (Å²) < 4.78 is 5.53. The number of carbonyl (C=O) groups is 1. The number of methoxy groups -OCH3 is 1. The van der Waals surface area contributed by atoms with Gasteiger partial charge < -0.3 is 10.1 Å². The zero-order valence-corrected chi connectivity index (χ0v) is 17.5. The molecule has 30 heavy (non-hydrogen) atoms. The molecule has 0 unspecified atom stereocenters. The molecule has 0 saturated carbocycles. The van der Waals surface area contributed by atoms with E-state index in [9.17, 15) is 10.1 Å². The second-order valence-corrected chi connectivity index (χ2v) is 7.19. The van der Waals surface area contributed by atoms with Crippen LogP contribution in [0.1, 0.15) is 22.3 Å². The van der Waals surface area contributed by atoms with E-state index in [0.29, 0.717) is 28.4 Å². The summed E-state index contributed by atoms with van der Waals surface area (Å²) in [6, 6.07) is 22.6. The summed E-state index contributed by atoms with van der Waals surface area (Å²) >= 11 is 6.27. The van der Waals surface area contributed by atoms with Gasteiger partial charge in [-0.3, -0.25) is 4.79 Å². The predicted octanol–water partition coefficient (Wildman–Crippen LogP) is 5.79. The minimum atomic E-state index is -0.453. The van der Waals surface area contributed by atoms with E-state index in [1.54, 1.807) is 19.3 Å². The summed E-state index contributed by atoms with van der Waals surface area (Å²) in [7, 11) is 1.59. The van der Waals surface area contributed by atoms with Gasteiger partial charge in [0, 0.05) is 17.1 Å². The summed E-state index contributed by atoms with van der Waals surface area (Å²) in [5.74, 6) is 0.214. The molecule has 1 N–H and O–H groups in total. The Balaban J connectivity index is 1.84. The van der Waals surface area contributed by atoms with E-state index in [1.165, 1.54) is 0 Å². The number of para-hydroxylation sites is 1. The average Bonchev–Trinajstić information content (AvgIpc) is 2.76. The maximum absolute atomic E-state index is 12.6. The highest BCUT2D eigenvalue weighted by Crippen LogP contribution is 2.27. The fourth-order valence-electron chi connectivity index (χ4n) is 3.06. The van der Waals surface area contributed by atoms with E-state index >= 15 is 0 Å². The van der Waals surface area contributed by atoms with E-state index < -0.39 is 5.91 Å². The molecule has 3 aromatic carbocycles. The lowest BCUT2D eigenvalue weighted by atomic mass is 10.0. The molecule has 3 rings (SSSR count). The molecule has 0 aliphatic carbocycles. The maximum atomic E-state index is 12.6. The highest BCUT2D eigenvalue weighted by atomic mass is 35.5. The SMILES string of the molecule is COc1cc(/C=C(\C#N)C(=O)Nc2ccccc2C)ccc1Cc1ccccc1Cl. The molecule has 1 amide bonds. The number of ether oxygens (including phenoxy) is 1. The fraction of sp³-hybridized carbons (Fsp3) is 0.120. The van der Waals surface area contributed by atoms with Crippen molar-refractivity contribution in [2.24, 2.45) is 0 Å². The van der Waals surface area contributed by atoms with Gasteiger partial charge in [0.25, 0.3) is 5.91 Å². The first-order chi connectivity index (χ1) is 14.5. The van der Waals surface area contributed by atoms with Crippen LogP contribution >= 0.6 is 11.6 Å². The average molecular weight is 417 g/mol. The molecule has 0 spiro atoms. The third-order valence-corrected chi connectivity index (χ3v) is 5.09. The topological polar surface area (TPSA) is 62.1 Å². The zero-order valence-electron chi connectivity index (χ0n) is 16.8. The lowest BCUT2D eigenvalue weighted by molar-refractivity contribution is -0.112. The van der Waals surface area contributed by atoms with Crippen molar-refractivity contribution in [3.63, 3.8) is 0 Å². The van der Waals surface area contributed by atoms with E-state index in [0.717, 1.165) is 16.7 Å². The largest absolute Gasteiger partial charge is 0.496 e. The monoisotopic (exact) mass is 416 g/mol. The number of nitrogens with one attached hydrogen (secondary N) is 1. The van der Waals surface area contributed by atoms with Gasteiger partial charge in [-0.25, -0.2) is 0 Å². The van der Waals surface area contributed by atoms with Gasteiger partial charge in [0.1, 0.15) is 17.4 Å². The Morgan fingerprint density at radius 2 is 1.83 bits per heavy atom. The fourth-order valence-corrected chi connectivity index (χ4v) is 3.26. The van der Waals surface area contributed by atoms with Crippen LogP contribution in [0.3, 0.4) is 0 Å². The number of anilines is 1. The third kappa shape index (κ3) is 5.08. The molecule has 0 radical (unpaired) electrons. The summed E-state index contributed by atoms with van der Waals surface area (Å²) in [4.78, 5) is 12.6. The summed E-state index contributed by atoms with van der Waals surface area (Å²) in [5.41, 5.74) is 4.28. The van der Waals surface area contributed by atoms with Crippen LogP contribution in [0, 0.1) is 18.3 Å². The quantitative estimate of drug-likeness (QED) is 0.408. The number of nitrogens with zero attached hydrogens (tertiary/aromatic N) is 1. The number of hydrogen-bond acceptors (Lipinski definition) is 3. The first-order valence-electron chi connectivity index (χ1n) is 9.41. The van der Waals surface area contributed by atoms with Crippen molar-refractivity contribution in [3.8, 4) is 11.8 Å². The second kappa shape index (κ2) is 9.78. The Morgan fingerprint density at radius 3 is 2.53 bits per heavy atom. The Hall–Kier alpha value is -3.55. The van der Waals surface area contributed by atoms with Crippen molar-refractivity contribution in [2.45, 2.75) is 13.3 Å². The van der Waals surface area contributed by atoms with Gasteiger partial charge >= 0.3 is 0 Å². The molecule has 0 atom stereocenters. The van der Waals surface area contributed by atoms with Gasteiger partial charge in [0.15, 0.2) is 0 Å². The highest BCUT2D eigenvalue weighted by molar-refractivity contribution is 6.31. The third-order valence-electron chi connectivity index (χ3n) is 4.72. The molecule has 3 aromatic rings. The van der Waals surface area contributed by atoms with Crippen LogP contribution in [0.4, 0.5) is 5.69 Å². The standard InChI is InChI=1S/C25H21ClN2O2/c1-17-7-3-6-10-23(17)28-25(29)21(16-27)13-18-11-12-20(24(14-18)30-2)15-19-8-4-5-9-22(19)26/h3-14H,15H2,1-2H3,(H,28,29)/b21-13+. The molecule has 0 saturated heterocycles. The zero-order chi connectivity index (χ0) is 21.5. The van der Waals surface area contributed by atoms with Crippen molar-refractivity contribution in [2.75, 3.05) is 12.4 Å². The first-order valence-corrected chi connectivity index (χ1v) is 9.78. The van der Waals surface area contributed by atoms with Crippen molar-refractivity contribution in [3.05, 3.63) is 99.6 Å². The summed E-state index contributed by atoms with van der Waals surface area (Å²) in [6.07, 6.45) is 2.17. The van der Waals surface area contributed by atoms with E-state index in [-0.39, 0.29) is 5.57 Å². The molecule has 0 aromatic heterocycles. The van der Waals surface area contributed by atoms with E-state index in [1.807, 2.05) is 73.7 Å². The van der Waals surface area contributed by atoms with Crippen LogP contribution in [0.15, 0.2) is 72.3 Å². The molecule has 5 heteroatoms. The van der Waals surface area contributed by atoms with Gasteiger partial charge in [-0.15, -0.1) is 0 Å². The number of aryl methyl sites for hydroxylation is 1. The van der Waals surface area contributed by atoms with Crippen LogP contribution in [0.25, 0.3) is 6.08 Å². The van der Waals surface area contributed by atoms with E-state index in [4.69, 9.17) is 16.3 Å². The van der Waals surface area contributed by atoms with Crippen LogP contribution in [0.5, 0.6) is 5.75 Å². The van der Waals surface area contributed by atoms with E-state index in [2.05, 4.69) is 5.32 Å². The number of benzene rings is 3. The minimum absolute atomic E-state index is 0.0131. The second-order valence-electron chi connectivity index (χ2n) is 6.78. The first kappa shape index (κ1) is 21.2. The molecule has 0 fully saturated rings. The lowest BCUT2D eigenvalue weighted by Crippen LogP contribution is -2.14. The normalized spacial score (nSPS) is 10.9. The Kier molecular flexibility index (Phi) is 6.90.